The van der Waals surface area contributed by atoms with Gasteiger partial charge >= 0.3 is 12.1 Å². The zero-order chi connectivity index (χ0) is 24.7. The quantitative estimate of drug-likeness (QED) is 0.421. The Kier molecular flexibility index (Phi) is 8.10. The molecule has 0 fully saturated rings. The van der Waals surface area contributed by atoms with Crippen LogP contribution in [-0.2, 0) is 14.3 Å². The Morgan fingerprint density at radius 1 is 1.06 bits per heavy atom. The van der Waals surface area contributed by atoms with Gasteiger partial charge < -0.3 is 20.5 Å². The van der Waals surface area contributed by atoms with Crippen LogP contribution in [0.2, 0.25) is 0 Å². The van der Waals surface area contributed by atoms with Crippen molar-refractivity contribution in [1.82, 2.24) is 10.6 Å². The van der Waals surface area contributed by atoms with Gasteiger partial charge in [-0.05, 0) is 47.9 Å². The van der Waals surface area contributed by atoms with E-state index in [1.807, 2.05) is 36.4 Å². The molecule has 180 valence electrons. The Labute approximate surface area is 200 Å². The molecule has 0 spiro atoms. The third kappa shape index (κ3) is 5.14. The van der Waals surface area contributed by atoms with Gasteiger partial charge in [-0.3, -0.25) is 4.79 Å². The molecule has 7 nitrogen and oxygen atoms in total. The number of rotatable bonds is 11. The van der Waals surface area contributed by atoms with E-state index < -0.39 is 29.6 Å². The molecule has 0 aliphatic heterocycles. The number of hydrogen-bond donors (Lipinski definition) is 3. The number of ether oxygens (including phenoxy) is 1. The van der Waals surface area contributed by atoms with Crippen LogP contribution >= 0.6 is 0 Å². The average Bonchev–Trinajstić information content (AvgIpc) is 3.17. The van der Waals surface area contributed by atoms with Gasteiger partial charge in [-0.1, -0.05) is 68.5 Å². The molecule has 1 atom stereocenters. The largest absolute Gasteiger partial charge is 0.480 e. The van der Waals surface area contributed by atoms with E-state index in [2.05, 4.69) is 29.3 Å². The summed E-state index contributed by atoms with van der Waals surface area (Å²) < 4.78 is 5.61. The maximum absolute atomic E-state index is 13.1. The number of carboxylic acids is 1. The van der Waals surface area contributed by atoms with E-state index in [0.717, 1.165) is 22.3 Å². The van der Waals surface area contributed by atoms with Gasteiger partial charge in [0.25, 0.3) is 0 Å². The summed E-state index contributed by atoms with van der Waals surface area (Å²) in [6, 6.07) is 15.0. The predicted molar refractivity (Wildman–Crippen MR) is 131 cm³/mol. The number of carboxylic acid groups (broad SMARTS) is 1. The Morgan fingerprint density at radius 3 is 2.12 bits per heavy atom. The number of nitrogens with one attached hydrogen (secondary N) is 2. The van der Waals surface area contributed by atoms with Crippen LogP contribution in [0.4, 0.5) is 4.79 Å². The Bertz CT molecular complexity index is 1010. The average molecular weight is 465 g/mol. The second-order valence-electron chi connectivity index (χ2n) is 8.47. The van der Waals surface area contributed by atoms with E-state index >= 15 is 0 Å². The molecule has 2 aromatic rings. The Morgan fingerprint density at radius 2 is 1.62 bits per heavy atom. The zero-order valence-corrected chi connectivity index (χ0v) is 19.7. The predicted octanol–water partition coefficient (Wildman–Crippen LogP) is 4.62. The number of amides is 2. The summed E-state index contributed by atoms with van der Waals surface area (Å²) in [5, 5.41) is 14.7. The van der Waals surface area contributed by atoms with Crippen molar-refractivity contribution in [1.29, 1.82) is 0 Å². The van der Waals surface area contributed by atoms with Gasteiger partial charge in [0.05, 0.1) is 0 Å². The van der Waals surface area contributed by atoms with Crippen molar-refractivity contribution < 1.29 is 24.2 Å². The number of carbonyl (C=O) groups is 3. The minimum atomic E-state index is -1.27. The number of alkyl carbamates (subject to hydrolysis) is 1. The van der Waals surface area contributed by atoms with Gasteiger partial charge in [-0.15, -0.1) is 6.58 Å². The van der Waals surface area contributed by atoms with E-state index in [1.165, 1.54) is 0 Å². The first-order valence-corrected chi connectivity index (χ1v) is 11.6. The number of allylic oxidation sites excluding steroid dienone is 1. The summed E-state index contributed by atoms with van der Waals surface area (Å²) in [6.45, 7) is 7.26. The highest BCUT2D eigenvalue weighted by atomic mass is 16.5. The van der Waals surface area contributed by atoms with Crippen molar-refractivity contribution in [3.63, 3.8) is 0 Å². The SMILES string of the molecule is C=CCCC(NC(=O)C(CC)(CC)NC(=O)OCC1c2ccccc2-c2ccccc21)C(=O)O. The van der Waals surface area contributed by atoms with E-state index in [-0.39, 0.29) is 31.8 Å². The Hall–Kier alpha value is -3.61. The molecular weight excluding hydrogens is 432 g/mol. The molecule has 3 rings (SSSR count). The lowest BCUT2D eigenvalue weighted by Gasteiger charge is -2.32. The summed E-state index contributed by atoms with van der Waals surface area (Å²) in [6.07, 6.45) is 2.13. The summed E-state index contributed by atoms with van der Waals surface area (Å²) in [5.74, 6) is -1.76. The van der Waals surface area contributed by atoms with Crippen LogP contribution in [0.5, 0.6) is 0 Å². The van der Waals surface area contributed by atoms with Gasteiger partial charge in [0.1, 0.15) is 18.2 Å². The molecule has 0 bridgehead atoms. The molecule has 0 saturated carbocycles. The van der Waals surface area contributed by atoms with E-state index in [4.69, 9.17) is 4.74 Å². The van der Waals surface area contributed by atoms with Gasteiger partial charge in [0.2, 0.25) is 5.91 Å². The first kappa shape index (κ1) is 25.0. The van der Waals surface area contributed by atoms with E-state index in [1.54, 1.807) is 19.9 Å². The molecular formula is C27H32N2O5. The highest BCUT2D eigenvalue weighted by molar-refractivity contribution is 5.92. The van der Waals surface area contributed by atoms with Gasteiger partial charge in [-0.2, -0.15) is 0 Å². The lowest BCUT2D eigenvalue weighted by Crippen LogP contribution is -2.60. The highest BCUT2D eigenvalue weighted by Gasteiger charge is 2.39. The maximum atomic E-state index is 13.1. The molecule has 0 heterocycles. The molecule has 0 saturated heterocycles. The second kappa shape index (κ2) is 11.0. The second-order valence-corrected chi connectivity index (χ2v) is 8.47. The maximum Gasteiger partial charge on any atom is 0.408 e. The number of benzene rings is 2. The van der Waals surface area contributed by atoms with Crippen molar-refractivity contribution >= 4 is 18.0 Å². The molecule has 2 aromatic carbocycles. The molecule has 7 heteroatoms. The normalized spacial score (nSPS) is 13.4. The van der Waals surface area contributed by atoms with Crippen LogP contribution in [0.15, 0.2) is 61.2 Å². The first-order chi connectivity index (χ1) is 16.4. The molecule has 1 aliphatic carbocycles. The number of fused-ring (bicyclic) bond motifs is 3. The topological polar surface area (TPSA) is 105 Å². The molecule has 3 N–H and O–H groups in total. The van der Waals surface area contributed by atoms with Crippen molar-refractivity contribution in [2.24, 2.45) is 0 Å². The molecule has 2 amide bonds. The summed E-state index contributed by atoms with van der Waals surface area (Å²) in [7, 11) is 0. The van der Waals surface area contributed by atoms with Crippen molar-refractivity contribution in [2.75, 3.05) is 6.61 Å². The minimum absolute atomic E-state index is 0.0973. The number of hydrogen-bond acceptors (Lipinski definition) is 4. The number of aliphatic carboxylic acids is 1. The van der Waals surface area contributed by atoms with E-state index in [0.29, 0.717) is 6.42 Å². The standard InChI is InChI=1S/C27H32N2O5/c1-4-7-16-23(24(30)31)28-25(32)27(5-2,6-3)29-26(33)34-17-22-20-14-10-8-12-18(20)19-13-9-11-15-21(19)22/h4,8-15,22-23H,1,5-7,16-17H2,2-3H3,(H,28,32)(H,29,33)(H,30,31). The van der Waals surface area contributed by atoms with Crippen LogP contribution in [0.1, 0.15) is 56.6 Å². The van der Waals surface area contributed by atoms with Gasteiger partial charge in [0, 0.05) is 5.92 Å². The first-order valence-electron chi connectivity index (χ1n) is 11.6. The summed E-state index contributed by atoms with van der Waals surface area (Å²) >= 11 is 0. The van der Waals surface area contributed by atoms with Gasteiger partial charge in [0.15, 0.2) is 0 Å². The highest BCUT2D eigenvalue weighted by Crippen LogP contribution is 2.44. The molecule has 0 radical (unpaired) electrons. The zero-order valence-electron chi connectivity index (χ0n) is 19.7. The lowest BCUT2D eigenvalue weighted by atomic mass is 9.91. The molecule has 34 heavy (non-hydrogen) atoms. The Balaban J connectivity index is 1.70. The third-order valence-electron chi connectivity index (χ3n) is 6.59. The fraction of sp³-hybridized carbons (Fsp3) is 0.370. The molecule has 1 aliphatic rings. The minimum Gasteiger partial charge on any atom is -0.480 e. The van der Waals surface area contributed by atoms with Crippen LogP contribution in [0, 0.1) is 0 Å². The van der Waals surface area contributed by atoms with Crippen LogP contribution in [0.3, 0.4) is 0 Å². The summed E-state index contributed by atoms with van der Waals surface area (Å²) in [4.78, 5) is 37.4. The summed E-state index contributed by atoms with van der Waals surface area (Å²) in [5.41, 5.74) is 3.17. The fourth-order valence-electron chi connectivity index (χ4n) is 4.47. The smallest absolute Gasteiger partial charge is 0.408 e. The van der Waals surface area contributed by atoms with E-state index in [9.17, 15) is 19.5 Å². The molecule has 0 aromatic heterocycles. The van der Waals surface area contributed by atoms with Crippen LogP contribution < -0.4 is 10.6 Å². The van der Waals surface area contributed by atoms with Crippen LogP contribution in [-0.4, -0.2) is 41.3 Å². The van der Waals surface area contributed by atoms with Gasteiger partial charge in [-0.25, -0.2) is 9.59 Å². The van der Waals surface area contributed by atoms with Crippen molar-refractivity contribution in [2.45, 2.75) is 57.0 Å². The third-order valence-corrected chi connectivity index (χ3v) is 6.59. The van der Waals surface area contributed by atoms with Crippen molar-refractivity contribution in [3.8, 4) is 11.1 Å². The lowest BCUT2D eigenvalue weighted by molar-refractivity contribution is -0.143. The fourth-order valence-corrected chi connectivity index (χ4v) is 4.47. The molecule has 1 unspecified atom stereocenters. The number of carbonyl (C=O) groups excluding carboxylic acids is 2. The van der Waals surface area contributed by atoms with Crippen LogP contribution in [0.25, 0.3) is 11.1 Å². The van der Waals surface area contributed by atoms with Crippen molar-refractivity contribution in [3.05, 3.63) is 72.3 Å². The monoisotopic (exact) mass is 464 g/mol.